The van der Waals surface area contributed by atoms with Crippen LogP contribution in [0.25, 0.3) is 11.4 Å². The van der Waals surface area contributed by atoms with Crippen molar-refractivity contribution in [2.45, 2.75) is 25.8 Å². The summed E-state index contributed by atoms with van der Waals surface area (Å²) in [4.78, 5) is 21.4. The molecule has 1 saturated carbocycles. The number of carbonyl (C=O) groups excluding carboxylic acids is 1. The van der Waals surface area contributed by atoms with E-state index in [-0.39, 0.29) is 5.91 Å². The Balaban J connectivity index is 1.29. The first-order valence-electron chi connectivity index (χ1n) is 11.0. The van der Waals surface area contributed by atoms with Crippen molar-refractivity contribution in [3.05, 3.63) is 96.2 Å². The van der Waals surface area contributed by atoms with Crippen LogP contribution in [-0.2, 0) is 0 Å². The molecule has 1 aromatic heterocycles. The predicted molar refractivity (Wildman–Crippen MR) is 129 cm³/mol. The molecule has 33 heavy (non-hydrogen) atoms. The van der Waals surface area contributed by atoms with Gasteiger partial charge < -0.3 is 15.4 Å². The van der Waals surface area contributed by atoms with Crippen LogP contribution in [0.4, 0.5) is 11.5 Å². The van der Waals surface area contributed by atoms with E-state index in [9.17, 15) is 4.79 Å². The fourth-order valence-electron chi connectivity index (χ4n) is 3.34. The van der Waals surface area contributed by atoms with Crippen LogP contribution in [0.15, 0.2) is 85.1 Å². The van der Waals surface area contributed by atoms with E-state index < -0.39 is 0 Å². The predicted octanol–water partition coefficient (Wildman–Crippen LogP) is 5.88. The molecule has 1 aliphatic carbocycles. The monoisotopic (exact) mass is 436 g/mol. The fraction of sp³-hybridized carbons (Fsp3) is 0.148. The fourth-order valence-corrected chi connectivity index (χ4v) is 3.34. The molecule has 1 heterocycles. The Morgan fingerprint density at radius 1 is 0.909 bits per heavy atom. The Morgan fingerprint density at radius 2 is 1.61 bits per heavy atom. The maximum atomic E-state index is 12.2. The maximum absolute atomic E-state index is 12.2. The number of aryl methyl sites for hydroxylation is 1. The van der Waals surface area contributed by atoms with Crippen molar-refractivity contribution in [1.29, 1.82) is 0 Å². The van der Waals surface area contributed by atoms with E-state index in [0.717, 1.165) is 47.0 Å². The second-order valence-corrected chi connectivity index (χ2v) is 8.11. The van der Waals surface area contributed by atoms with Crippen molar-refractivity contribution in [2.75, 3.05) is 5.32 Å². The first kappa shape index (κ1) is 20.7. The average Bonchev–Trinajstić information content (AvgIpc) is 3.66. The Bertz CT molecular complexity index is 1250. The van der Waals surface area contributed by atoms with Gasteiger partial charge in [-0.15, -0.1) is 0 Å². The number of amides is 1. The van der Waals surface area contributed by atoms with Crippen LogP contribution in [-0.4, -0.2) is 21.9 Å². The van der Waals surface area contributed by atoms with Gasteiger partial charge in [0.05, 0.1) is 0 Å². The third-order valence-corrected chi connectivity index (χ3v) is 5.39. The lowest BCUT2D eigenvalue weighted by Crippen LogP contribution is -2.25. The van der Waals surface area contributed by atoms with Gasteiger partial charge in [-0.25, -0.2) is 9.97 Å². The Hall–Kier alpha value is -4.19. The van der Waals surface area contributed by atoms with Crippen LogP contribution in [0.2, 0.25) is 0 Å². The lowest BCUT2D eigenvalue weighted by molar-refractivity contribution is 0.0951. The Labute approximate surface area is 192 Å². The van der Waals surface area contributed by atoms with Crippen molar-refractivity contribution >= 4 is 17.4 Å². The molecule has 0 unspecified atom stereocenters. The van der Waals surface area contributed by atoms with Gasteiger partial charge in [-0.2, -0.15) is 0 Å². The summed E-state index contributed by atoms with van der Waals surface area (Å²) in [7, 11) is 0. The van der Waals surface area contributed by atoms with E-state index in [1.807, 2.05) is 85.8 Å². The molecule has 0 spiro atoms. The minimum Gasteiger partial charge on any atom is -0.457 e. The highest BCUT2D eigenvalue weighted by atomic mass is 16.5. The largest absolute Gasteiger partial charge is 0.457 e. The van der Waals surface area contributed by atoms with Gasteiger partial charge in [-0.1, -0.05) is 30.3 Å². The molecule has 4 aromatic rings. The van der Waals surface area contributed by atoms with Crippen molar-refractivity contribution < 1.29 is 9.53 Å². The van der Waals surface area contributed by atoms with Gasteiger partial charge in [0.15, 0.2) is 5.82 Å². The lowest BCUT2D eigenvalue weighted by Gasteiger charge is -2.11. The highest BCUT2D eigenvalue weighted by molar-refractivity contribution is 5.95. The molecule has 6 nitrogen and oxygen atoms in total. The molecular formula is C27H24N4O2. The topological polar surface area (TPSA) is 76.1 Å². The van der Waals surface area contributed by atoms with Gasteiger partial charge in [-0.05, 0) is 68.3 Å². The first-order valence-corrected chi connectivity index (χ1v) is 11.0. The highest BCUT2D eigenvalue weighted by Gasteiger charge is 2.23. The van der Waals surface area contributed by atoms with E-state index in [2.05, 4.69) is 15.6 Å². The van der Waals surface area contributed by atoms with Crippen molar-refractivity contribution in [3.63, 3.8) is 0 Å². The molecule has 164 valence electrons. The lowest BCUT2D eigenvalue weighted by atomic mass is 10.1. The van der Waals surface area contributed by atoms with E-state index >= 15 is 0 Å². The smallest absolute Gasteiger partial charge is 0.251 e. The van der Waals surface area contributed by atoms with Gasteiger partial charge in [0.25, 0.3) is 5.91 Å². The zero-order chi connectivity index (χ0) is 22.6. The number of nitrogens with zero attached hydrogens (tertiary/aromatic N) is 2. The minimum atomic E-state index is -0.0316. The molecule has 0 radical (unpaired) electrons. The van der Waals surface area contributed by atoms with Gasteiger partial charge in [0, 0.05) is 34.6 Å². The number of rotatable bonds is 7. The van der Waals surface area contributed by atoms with Gasteiger partial charge >= 0.3 is 0 Å². The number of hydrogen-bond acceptors (Lipinski definition) is 5. The summed E-state index contributed by atoms with van der Waals surface area (Å²) in [5, 5.41) is 6.36. The zero-order valence-corrected chi connectivity index (χ0v) is 18.3. The van der Waals surface area contributed by atoms with Gasteiger partial charge in [0.2, 0.25) is 0 Å². The quantitative estimate of drug-likeness (QED) is 0.378. The standard InChI is InChI=1S/C27H24N4O2/c1-18-17-28-26(19-7-9-20(10-8-19)27(32)30-22-11-12-22)31-25(18)29-21-13-15-24(16-14-21)33-23-5-3-2-4-6-23/h2-10,13-17,22H,11-12H2,1H3,(H,30,32)(H,28,29,31). The SMILES string of the molecule is Cc1cnc(-c2ccc(C(=O)NC3CC3)cc2)nc1Nc1ccc(Oc2ccccc2)cc1. The summed E-state index contributed by atoms with van der Waals surface area (Å²) in [5.41, 5.74) is 3.33. The molecular weight excluding hydrogens is 412 g/mol. The number of aromatic nitrogens is 2. The second kappa shape index (κ2) is 9.12. The van der Waals surface area contributed by atoms with E-state index in [0.29, 0.717) is 17.4 Å². The number of carbonyl (C=O) groups is 1. The summed E-state index contributed by atoms with van der Waals surface area (Å²) in [6, 6.07) is 25.1. The van der Waals surface area contributed by atoms with Crippen molar-refractivity contribution in [2.24, 2.45) is 0 Å². The number of hydrogen-bond donors (Lipinski definition) is 2. The molecule has 6 heteroatoms. The summed E-state index contributed by atoms with van der Waals surface area (Å²) >= 11 is 0. The van der Waals surface area contributed by atoms with Gasteiger partial charge in [0.1, 0.15) is 17.3 Å². The third kappa shape index (κ3) is 5.18. The van der Waals surface area contributed by atoms with Crippen LogP contribution in [0.1, 0.15) is 28.8 Å². The first-order chi connectivity index (χ1) is 16.1. The van der Waals surface area contributed by atoms with Crippen LogP contribution in [0, 0.1) is 6.92 Å². The molecule has 3 aromatic carbocycles. The number of para-hydroxylation sites is 1. The number of anilines is 2. The summed E-state index contributed by atoms with van der Waals surface area (Å²) < 4.78 is 5.85. The number of ether oxygens (including phenoxy) is 1. The normalized spacial score (nSPS) is 12.8. The molecule has 1 amide bonds. The molecule has 1 fully saturated rings. The average molecular weight is 437 g/mol. The van der Waals surface area contributed by atoms with Crippen LogP contribution in [0.5, 0.6) is 11.5 Å². The Morgan fingerprint density at radius 3 is 2.30 bits per heavy atom. The highest BCUT2D eigenvalue weighted by Crippen LogP contribution is 2.26. The van der Waals surface area contributed by atoms with E-state index in [1.165, 1.54) is 0 Å². The van der Waals surface area contributed by atoms with Crippen LogP contribution in [0.3, 0.4) is 0 Å². The molecule has 0 atom stereocenters. The van der Waals surface area contributed by atoms with E-state index in [1.54, 1.807) is 6.20 Å². The molecule has 5 rings (SSSR count). The summed E-state index contributed by atoms with van der Waals surface area (Å²) in [6.07, 6.45) is 3.93. The molecule has 0 aliphatic heterocycles. The number of benzene rings is 3. The third-order valence-electron chi connectivity index (χ3n) is 5.39. The van der Waals surface area contributed by atoms with Gasteiger partial charge in [-0.3, -0.25) is 4.79 Å². The minimum absolute atomic E-state index is 0.0316. The second-order valence-electron chi connectivity index (χ2n) is 8.11. The molecule has 2 N–H and O–H groups in total. The molecule has 0 bridgehead atoms. The molecule has 0 saturated heterocycles. The van der Waals surface area contributed by atoms with Crippen LogP contribution >= 0.6 is 0 Å². The summed E-state index contributed by atoms with van der Waals surface area (Å²) in [6.45, 7) is 1.96. The zero-order valence-electron chi connectivity index (χ0n) is 18.3. The van der Waals surface area contributed by atoms with Crippen molar-refractivity contribution in [3.8, 4) is 22.9 Å². The molecule has 1 aliphatic rings. The van der Waals surface area contributed by atoms with Crippen molar-refractivity contribution in [1.82, 2.24) is 15.3 Å². The van der Waals surface area contributed by atoms with E-state index in [4.69, 9.17) is 9.72 Å². The van der Waals surface area contributed by atoms with Crippen LogP contribution < -0.4 is 15.4 Å². The maximum Gasteiger partial charge on any atom is 0.251 e. The summed E-state index contributed by atoms with van der Waals surface area (Å²) in [5.74, 6) is 2.85. The Kier molecular flexibility index (Phi) is 5.72. The number of nitrogens with one attached hydrogen (secondary N) is 2.